The lowest BCUT2D eigenvalue weighted by molar-refractivity contribution is 0.112. The molecule has 0 saturated carbocycles. The van der Waals surface area contributed by atoms with Gasteiger partial charge >= 0.3 is 0 Å². The van der Waals surface area contributed by atoms with Crippen molar-refractivity contribution < 1.29 is 10.0 Å². The number of rotatable bonds is 3. The molecule has 0 fully saturated rings. The predicted molar refractivity (Wildman–Crippen MR) is 55.0 cm³/mol. The summed E-state index contributed by atoms with van der Waals surface area (Å²) >= 11 is 0. The number of hydrogen-bond donors (Lipinski definition) is 1. The highest BCUT2D eigenvalue weighted by Crippen LogP contribution is 2.10. The molecule has 0 heterocycles. The van der Waals surface area contributed by atoms with Crippen LogP contribution in [0.25, 0.3) is 0 Å². The molecule has 1 aromatic carbocycles. The molecule has 74 valence electrons. The SMILES string of the molecule is CC(C)/C(=N\O)c1ccc(C=O)cc1. The van der Waals surface area contributed by atoms with Gasteiger partial charge in [-0.25, -0.2) is 0 Å². The zero-order valence-electron chi connectivity index (χ0n) is 8.27. The van der Waals surface area contributed by atoms with Crippen molar-refractivity contribution in [1.82, 2.24) is 0 Å². The smallest absolute Gasteiger partial charge is 0.150 e. The van der Waals surface area contributed by atoms with Crippen LogP contribution >= 0.6 is 0 Å². The van der Waals surface area contributed by atoms with Gasteiger partial charge < -0.3 is 5.21 Å². The third-order valence-corrected chi connectivity index (χ3v) is 2.00. The highest BCUT2D eigenvalue weighted by Gasteiger charge is 2.08. The van der Waals surface area contributed by atoms with E-state index in [0.29, 0.717) is 11.3 Å². The first kappa shape index (κ1) is 10.4. The van der Waals surface area contributed by atoms with Gasteiger partial charge in [0.05, 0.1) is 5.71 Å². The van der Waals surface area contributed by atoms with E-state index in [1.54, 1.807) is 24.3 Å². The molecule has 0 spiro atoms. The number of hydrogen-bond acceptors (Lipinski definition) is 3. The summed E-state index contributed by atoms with van der Waals surface area (Å²) in [6.45, 7) is 3.89. The molecule has 14 heavy (non-hydrogen) atoms. The maximum absolute atomic E-state index is 10.4. The Labute approximate surface area is 83.1 Å². The molecule has 3 nitrogen and oxygen atoms in total. The van der Waals surface area contributed by atoms with E-state index in [1.165, 1.54) is 0 Å². The molecule has 1 rings (SSSR count). The van der Waals surface area contributed by atoms with Crippen molar-refractivity contribution in [3.8, 4) is 0 Å². The van der Waals surface area contributed by atoms with Crippen molar-refractivity contribution in [2.75, 3.05) is 0 Å². The van der Waals surface area contributed by atoms with Crippen LogP contribution in [0.15, 0.2) is 29.4 Å². The Morgan fingerprint density at radius 2 is 1.93 bits per heavy atom. The van der Waals surface area contributed by atoms with Crippen LogP contribution in [0.3, 0.4) is 0 Å². The largest absolute Gasteiger partial charge is 0.411 e. The lowest BCUT2D eigenvalue weighted by Crippen LogP contribution is -2.09. The molecule has 0 amide bonds. The molecular weight excluding hydrogens is 178 g/mol. The van der Waals surface area contributed by atoms with Gasteiger partial charge in [0.25, 0.3) is 0 Å². The molecule has 0 aliphatic carbocycles. The second kappa shape index (κ2) is 4.56. The highest BCUT2D eigenvalue weighted by atomic mass is 16.4. The van der Waals surface area contributed by atoms with E-state index in [0.717, 1.165) is 11.8 Å². The van der Waals surface area contributed by atoms with Crippen LogP contribution in [0.5, 0.6) is 0 Å². The fourth-order valence-corrected chi connectivity index (χ4v) is 1.24. The van der Waals surface area contributed by atoms with Crippen LogP contribution in [0.4, 0.5) is 0 Å². The van der Waals surface area contributed by atoms with Gasteiger partial charge in [0.15, 0.2) is 0 Å². The molecule has 0 atom stereocenters. The molecule has 3 heteroatoms. The lowest BCUT2D eigenvalue weighted by Gasteiger charge is -2.07. The van der Waals surface area contributed by atoms with Crippen molar-refractivity contribution in [3.05, 3.63) is 35.4 Å². The predicted octanol–water partition coefficient (Wildman–Crippen LogP) is 2.33. The Morgan fingerprint density at radius 3 is 2.29 bits per heavy atom. The Hall–Kier alpha value is -1.64. The Morgan fingerprint density at radius 1 is 1.36 bits per heavy atom. The van der Waals surface area contributed by atoms with Gasteiger partial charge in [-0.05, 0) is 11.5 Å². The second-order valence-corrected chi connectivity index (χ2v) is 3.38. The molecule has 1 N–H and O–H groups in total. The van der Waals surface area contributed by atoms with Crippen LogP contribution < -0.4 is 0 Å². The van der Waals surface area contributed by atoms with Gasteiger partial charge in [-0.15, -0.1) is 0 Å². The van der Waals surface area contributed by atoms with E-state index in [4.69, 9.17) is 5.21 Å². The van der Waals surface area contributed by atoms with Gasteiger partial charge in [-0.2, -0.15) is 0 Å². The molecule has 0 radical (unpaired) electrons. The molecule has 0 bridgehead atoms. The van der Waals surface area contributed by atoms with Gasteiger partial charge in [0, 0.05) is 5.56 Å². The fraction of sp³-hybridized carbons (Fsp3) is 0.273. The number of carbonyl (C=O) groups is 1. The number of aldehydes is 1. The monoisotopic (exact) mass is 191 g/mol. The molecule has 0 unspecified atom stereocenters. The standard InChI is InChI=1S/C11H13NO2/c1-8(2)11(12-14)10-5-3-9(7-13)4-6-10/h3-8,14H,1-2H3/b12-11+. The average molecular weight is 191 g/mol. The quantitative estimate of drug-likeness (QED) is 0.345. The average Bonchev–Trinajstić information content (AvgIpc) is 2.19. The lowest BCUT2D eigenvalue weighted by atomic mass is 9.99. The van der Waals surface area contributed by atoms with E-state index in [-0.39, 0.29) is 5.92 Å². The molecule has 1 aromatic rings. The summed E-state index contributed by atoms with van der Waals surface area (Å²) in [4.78, 5) is 10.4. The Balaban J connectivity index is 3.01. The number of benzene rings is 1. The number of carbonyl (C=O) groups excluding carboxylic acids is 1. The third-order valence-electron chi connectivity index (χ3n) is 2.00. The molecule has 0 aliphatic rings. The fourth-order valence-electron chi connectivity index (χ4n) is 1.24. The summed E-state index contributed by atoms with van der Waals surface area (Å²) in [6, 6.07) is 6.96. The first-order chi connectivity index (χ1) is 6.69. The second-order valence-electron chi connectivity index (χ2n) is 3.38. The van der Waals surface area contributed by atoms with Crippen molar-refractivity contribution in [3.63, 3.8) is 0 Å². The summed E-state index contributed by atoms with van der Waals surface area (Å²) in [6.07, 6.45) is 0.787. The zero-order valence-corrected chi connectivity index (χ0v) is 8.27. The van der Waals surface area contributed by atoms with Crippen molar-refractivity contribution in [2.45, 2.75) is 13.8 Å². The highest BCUT2D eigenvalue weighted by molar-refractivity contribution is 6.01. The normalized spacial score (nSPS) is 11.8. The van der Waals surface area contributed by atoms with Crippen LogP contribution in [0.2, 0.25) is 0 Å². The summed E-state index contributed by atoms with van der Waals surface area (Å²) in [5.41, 5.74) is 2.09. The molecule has 0 aliphatic heterocycles. The maximum Gasteiger partial charge on any atom is 0.150 e. The van der Waals surface area contributed by atoms with Gasteiger partial charge in [0.1, 0.15) is 6.29 Å². The molecule has 0 saturated heterocycles. The summed E-state index contributed by atoms with van der Waals surface area (Å²) in [7, 11) is 0. The Kier molecular flexibility index (Phi) is 3.40. The van der Waals surface area contributed by atoms with Gasteiger partial charge in [-0.3, -0.25) is 4.79 Å². The topological polar surface area (TPSA) is 49.7 Å². The van der Waals surface area contributed by atoms with Crippen molar-refractivity contribution in [2.24, 2.45) is 11.1 Å². The minimum atomic E-state index is 0.155. The number of oxime groups is 1. The number of nitrogens with zero attached hydrogens (tertiary/aromatic N) is 1. The zero-order chi connectivity index (χ0) is 10.6. The molecular formula is C11H13NO2. The van der Waals surface area contributed by atoms with Crippen LogP contribution in [-0.4, -0.2) is 17.2 Å². The van der Waals surface area contributed by atoms with Gasteiger partial charge in [-0.1, -0.05) is 43.3 Å². The van der Waals surface area contributed by atoms with Crippen molar-refractivity contribution in [1.29, 1.82) is 0 Å². The van der Waals surface area contributed by atoms with Crippen molar-refractivity contribution >= 4 is 12.0 Å². The van der Waals surface area contributed by atoms with Crippen LogP contribution in [-0.2, 0) is 0 Å². The van der Waals surface area contributed by atoms with E-state index < -0.39 is 0 Å². The summed E-state index contributed by atoms with van der Waals surface area (Å²) < 4.78 is 0. The maximum atomic E-state index is 10.4. The first-order valence-electron chi connectivity index (χ1n) is 4.46. The molecule has 0 aromatic heterocycles. The first-order valence-corrected chi connectivity index (χ1v) is 4.46. The summed E-state index contributed by atoms with van der Waals surface area (Å²) in [5.74, 6) is 0.155. The van der Waals surface area contributed by atoms with E-state index in [9.17, 15) is 4.79 Å². The minimum absolute atomic E-state index is 0.155. The van der Waals surface area contributed by atoms with E-state index >= 15 is 0 Å². The van der Waals surface area contributed by atoms with Crippen LogP contribution in [0, 0.1) is 5.92 Å². The van der Waals surface area contributed by atoms with E-state index in [2.05, 4.69) is 5.16 Å². The minimum Gasteiger partial charge on any atom is -0.411 e. The Bertz CT molecular complexity index is 339. The third kappa shape index (κ3) is 2.19. The van der Waals surface area contributed by atoms with E-state index in [1.807, 2.05) is 13.8 Å². The van der Waals surface area contributed by atoms with Gasteiger partial charge in [0.2, 0.25) is 0 Å². The van der Waals surface area contributed by atoms with Crippen LogP contribution in [0.1, 0.15) is 29.8 Å². The summed E-state index contributed by atoms with van der Waals surface area (Å²) in [5, 5.41) is 12.0.